The molecule has 1 aromatic rings. The standard InChI is InChI=1S/C11H19ClN4O2/c1-3-5-8(17)7-13-10-14-9(12)15-11(16-10)18-6-4-2/h8,17H,3-7H2,1-2H3,(H,13,14,15,16). The molecule has 0 aliphatic carbocycles. The molecular weight excluding hydrogens is 256 g/mol. The average Bonchev–Trinajstić information content (AvgIpc) is 2.34. The first-order valence-corrected chi connectivity index (χ1v) is 6.49. The average molecular weight is 275 g/mol. The quantitative estimate of drug-likeness (QED) is 0.753. The Morgan fingerprint density at radius 3 is 2.72 bits per heavy atom. The smallest absolute Gasteiger partial charge is 0.322 e. The summed E-state index contributed by atoms with van der Waals surface area (Å²) < 4.78 is 5.28. The molecule has 0 radical (unpaired) electrons. The van der Waals surface area contributed by atoms with E-state index < -0.39 is 6.10 Å². The van der Waals surface area contributed by atoms with E-state index >= 15 is 0 Å². The Morgan fingerprint density at radius 2 is 2.06 bits per heavy atom. The predicted molar refractivity (Wildman–Crippen MR) is 70.0 cm³/mol. The van der Waals surface area contributed by atoms with E-state index in [9.17, 15) is 5.11 Å². The van der Waals surface area contributed by atoms with Gasteiger partial charge in [-0.15, -0.1) is 0 Å². The fourth-order valence-electron chi connectivity index (χ4n) is 1.31. The molecule has 1 unspecified atom stereocenters. The van der Waals surface area contributed by atoms with Crippen LogP contribution in [0.1, 0.15) is 33.1 Å². The van der Waals surface area contributed by atoms with Crippen molar-refractivity contribution < 1.29 is 9.84 Å². The second-order valence-corrected chi connectivity index (χ2v) is 4.22. The van der Waals surface area contributed by atoms with Crippen LogP contribution in [0.25, 0.3) is 0 Å². The van der Waals surface area contributed by atoms with Crippen LogP contribution < -0.4 is 10.1 Å². The van der Waals surface area contributed by atoms with Crippen molar-refractivity contribution in [2.75, 3.05) is 18.5 Å². The molecule has 18 heavy (non-hydrogen) atoms. The summed E-state index contributed by atoms with van der Waals surface area (Å²) in [6, 6.07) is 0.198. The zero-order chi connectivity index (χ0) is 13.4. The lowest BCUT2D eigenvalue weighted by molar-refractivity contribution is 0.176. The van der Waals surface area contributed by atoms with Gasteiger partial charge in [0.05, 0.1) is 12.7 Å². The number of hydrogen-bond acceptors (Lipinski definition) is 6. The number of hydrogen-bond donors (Lipinski definition) is 2. The highest BCUT2D eigenvalue weighted by atomic mass is 35.5. The van der Waals surface area contributed by atoms with Crippen molar-refractivity contribution >= 4 is 17.5 Å². The van der Waals surface area contributed by atoms with E-state index in [-0.39, 0.29) is 11.3 Å². The zero-order valence-corrected chi connectivity index (χ0v) is 11.4. The molecule has 6 nitrogen and oxygen atoms in total. The summed E-state index contributed by atoms with van der Waals surface area (Å²) in [7, 11) is 0. The van der Waals surface area contributed by atoms with Crippen molar-refractivity contribution in [3.05, 3.63) is 5.28 Å². The van der Waals surface area contributed by atoms with E-state index in [2.05, 4.69) is 20.3 Å². The van der Waals surface area contributed by atoms with Gasteiger partial charge >= 0.3 is 6.01 Å². The number of aliphatic hydroxyl groups is 1. The monoisotopic (exact) mass is 274 g/mol. The molecule has 102 valence electrons. The Labute approximate surface area is 112 Å². The van der Waals surface area contributed by atoms with Crippen LogP contribution in [-0.2, 0) is 0 Å². The van der Waals surface area contributed by atoms with Gasteiger partial charge in [0, 0.05) is 6.54 Å². The molecule has 2 N–H and O–H groups in total. The molecule has 1 aromatic heterocycles. The van der Waals surface area contributed by atoms with Gasteiger partial charge in [-0.2, -0.15) is 15.0 Å². The van der Waals surface area contributed by atoms with Crippen LogP contribution in [0.4, 0.5) is 5.95 Å². The van der Waals surface area contributed by atoms with E-state index in [1.165, 1.54) is 0 Å². The van der Waals surface area contributed by atoms with Gasteiger partial charge in [0.25, 0.3) is 0 Å². The Kier molecular flexibility index (Phi) is 6.67. The van der Waals surface area contributed by atoms with Crippen molar-refractivity contribution in [3.63, 3.8) is 0 Å². The summed E-state index contributed by atoms with van der Waals surface area (Å²) in [5.41, 5.74) is 0. The summed E-state index contributed by atoms with van der Waals surface area (Å²) >= 11 is 5.76. The topological polar surface area (TPSA) is 80.2 Å². The molecule has 0 saturated heterocycles. The largest absolute Gasteiger partial charge is 0.463 e. The van der Waals surface area contributed by atoms with Crippen molar-refractivity contribution in [1.82, 2.24) is 15.0 Å². The van der Waals surface area contributed by atoms with Crippen LogP contribution in [0.2, 0.25) is 5.28 Å². The third-order valence-corrected chi connectivity index (χ3v) is 2.31. The van der Waals surface area contributed by atoms with Gasteiger partial charge in [-0.05, 0) is 24.4 Å². The molecular formula is C11H19ClN4O2. The second-order valence-electron chi connectivity index (χ2n) is 3.88. The fraction of sp³-hybridized carbons (Fsp3) is 0.727. The van der Waals surface area contributed by atoms with Crippen LogP contribution in [-0.4, -0.2) is 39.3 Å². The molecule has 1 atom stereocenters. The third kappa shape index (κ3) is 5.46. The molecule has 1 rings (SSSR count). The van der Waals surface area contributed by atoms with E-state index in [0.29, 0.717) is 19.1 Å². The molecule has 0 aromatic carbocycles. The van der Waals surface area contributed by atoms with Crippen molar-refractivity contribution in [2.45, 2.75) is 39.2 Å². The van der Waals surface area contributed by atoms with E-state index in [1.807, 2.05) is 13.8 Å². The van der Waals surface area contributed by atoms with Gasteiger partial charge in [0.1, 0.15) is 0 Å². The summed E-state index contributed by atoms with van der Waals surface area (Å²) in [5, 5.41) is 12.6. The summed E-state index contributed by atoms with van der Waals surface area (Å²) in [5.74, 6) is 0.316. The minimum absolute atomic E-state index is 0.0728. The lowest BCUT2D eigenvalue weighted by Gasteiger charge is -2.11. The Hall–Kier alpha value is -1.14. The molecule has 0 bridgehead atoms. The Morgan fingerprint density at radius 1 is 1.28 bits per heavy atom. The first-order chi connectivity index (χ1) is 8.65. The fourth-order valence-corrected chi connectivity index (χ4v) is 1.47. The maximum absolute atomic E-state index is 9.59. The third-order valence-electron chi connectivity index (χ3n) is 2.14. The minimum atomic E-state index is -0.425. The van der Waals surface area contributed by atoms with Crippen molar-refractivity contribution in [2.24, 2.45) is 0 Å². The first kappa shape index (κ1) is 14.9. The molecule has 0 spiro atoms. The molecule has 0 amide bonds. The maximum Gasteiger partial charge on any atom is 0.322 e. The highest BCUT2D eigenvalue weighted by Gasteiger charge is 2.08. The number of halogens is 1. The SMILES string of the molecule is CCCOc1nc(Cl)nc(NCC(O)CCC)n1. The number of anilines is 1. The highest BCUT2D eigenvalue weighted by Crippen LogP contribution is 2.11. The van der Waals surface area contributed by atoms with E-state index in [0.717, 1.165) is 19.3 Å². The molecule has 7 heteroatoms. The number of nitrogens with zero attached hydrogens (tertiary/aromatic N) is 3. The Balaban J connectivity index is 2.56. The number of nitrogens with one attached hydrogen (secondary N) is 1. The van der Waals surface area contributed by atoms with Crippen LogP contribution in [0.15, 0.2) is 0 Å². The second kappa shape index (κ2) is 8.05. The molecule has 0 aliphatic rings. The number of rotatable bonds is 8. The van der Waals surface area contributed by atoms with Gasteiger partial charge in [0.2, 0.25) is 11.2 Å². The summed E-state index contributed by atoms with van der Waals surface area (Å²) in [6.45, 7) is 4.91. The molecule has 0 aliphatic heterocycles. The molecule has 1 heterocycles. The first-order valence-electron chi connectivity index (χ1n) is 6.12. The van der Waals surface area contributed by atoms with Gasteiger partial charge in [-0.25, -0.2) is 0 Å². The van der Waals surface area contributed by atoms with Gasteiger partial charge < -0.3 is 15.2 Å². The number of aromatic nitrogens is 3. The highest BCUT2D eigenvalue weighted by molar-refractivity contribution is 6.28. The van der Waals surface area contributed by atoms with Gasteiger partial charge in [-0.1, -0.05) is 20.3 Å². The predicted octanol–water partition coefficient (Wildman–Crippen LogP) is 1.89. The summed E-state index contributed by atoms with van der Waals surface area (Å²) in [6.07, 6.45) is 2.09. The van der Waals surface area contributed by atoms with Crippen LogP contribution >= 0.6 is 11.6 Å². The minimum Gasteiger partial charge on any atom is -0.463 e. The summed E-state index contributed by atoms with van der Waals surface area (Å²) in [4.78, 5) is 11.8. The normalized spacial score (nSPS) is 12.2. The van der Waals surface area contributed by atoms with Gasteiger partial charge in [0.15, 0.2) is 0 Å². The van der Waals surface area contributed by atoms with E-state index in [1.54, 1.807) is 0 Å². The van der Waals surface area contributed by atoms with Crippen LogP contribution in [0.5, 0.6) is 6.01 Å². The molecule has 0 saturated carbocycles. The lowest BCUT2D eigenvalue weighted by atomic mass is 10.2. The van der Waals surface area contributed by atoms with Crippen LogP contribution in [0.3, 0.4) is 0 Å². The van der Waals surface area contributed by atoms with Crippen molar-refractivity contribution in [3.8, 4) is 6.01 Å². The Bertz CT molecular complexity index is 365. The zero-order valence-electron chi connectivity index (χ0n) is 10.7. The number of ether oxygens (including phenoxy) is 1. The van der Waals surface area contributed by atoms with Gasteiger partial charge in [-0.3, -0.25) is 0 Å². The maximum atomic E-state index is 9.59. The number of aliphatic hydroxyl groups excluding tert-OH is 1. The van der Waals surface area contributed by atoms with Crippen molar-refractivity contribution in [1.29, 1.82) is 0 Å². The van der Waals surface area contributed by atoms with Crippen LogP contribution in [0, 0.1) is 0 Å². The molecule has 0 fully saturated rings. The van der Waals surface area contributed by atoms with E-state index in [4.69, 9.17) is 16.3 Å². The lowest BCUT2D eigenvalue weighted by Crippen LogP contribution is -2.20.